The fourth-order valence-electron chi connectivity index (χ4n) is 3.47. The fourth-order valence-corrected chi connectivity index (χ4v) is 3.47. The van der Waals surface area contributed by atoms with Crippen molar-refractivity contribution in [2.24, 2.45) is 0 Å². The average Bonchev–Trinajstić information content (AvgIpc) is 2.78. The summed E-state index contributed by atoms with van der Waals surface area (Å²) in [6, 6.07) is 18.2. The molecule has 3 aromatic rings. The van der Waals surface area contributed by atoms with Crippen molar-refractivity contribution in [3.8, 4) is 11.5 Å². The zero-order valence-electron chi connectivity index (χ0n) is 18.3. The highest BCUT2D eigenvalue weighted by Crippen LogP contribution is 2.43. The van der Waals surface area contributed by atoms with Crippen LogP contribution in [0.25, 0.3) is 0 Å². The molecule has 0 N–H and O–H groups in total. The number of methoxy groups -OCH3 is 2. The molecule has 174 valence electrons. The molecule has 0 aromatic heterocycles. The normalized spacial score (nSPS) is 11.5. The van der Waals surface area contributed by atoms with Gasteiger partial charge in [0.15, 0.2) is 6.29 Å². The van der Waals surface area contributed by atoms with Crippen molar-refractivity contribution >= 4 is 5.97 Å². The molecule has 33 heavy (non-hydrogen) atoms. The van der Waals surface area contributed by atoms with Gasteiger partial charge in [0.2, 0.25) is 0 Å². The van der Waals surface area contributed by atoms with Gasteiger partial charge in [-0.15, -0.1) is 0 Å². The van der Waals surface area contributed by atoms with Crippen molar-refractivity contribution in [2.75, 3.05) is 14.2 Å². The van der Waals surface area contributed by atoms with E-state index in [-0.39, 0.29) is 34.8 Å². The van der Waals surface area contributed by atoms with Crippen LogP contribution in [0.15, 0.2) is 66.7 Å². The van der Waals surface area contributed by atoms with Crippen molar-refractivity contribution < 1.29 is 36.9 Å². The molecule has 0 heterocycles. The van der Waals surface area contributed by atoms with E-state index >= 15 is 0 Å². The van der Waals surface area contributed by atoms with E-state index in [9.17, 15) is 18.0 Å². The SMILES string of the molecule is COC(OC)c1cc(OCc2ccccc2)c(C(=O)Oc2ccccc2)c(C)c1C(F)(F)F. The number of alkyl halides is 3. The number of para-hydroxylation sites is 1. The minimum Gasteiger partial charge on any atom is -0.488 e. The molecule has 0 bridgehead atoms. The Morgan fingerprint density at radius 3 is 2.06 bits per heavy atom. The van der Waals surface area contributed by atoms with Gasteiger partial charge in [0.05, 0.1) is 5.56 Å². The van der Waals surface area contributed by atoms with Crippen LogP contribution in [0.4, 0.5) is 13.2 Å². The van der Waals surface area contributed by atoms with E-state index in [4.69, 9.17) is 18.9 Å². The molecule has 8 heteroatoms. The van der Waals surface area contributed by atoms with Crippen LogP contribution in [0, 0.1) is 6.92 Å². The Bertz CT molecular complexity index is 1080. The van der Waals surface area contributed by atoms with Crippen LogP contribution in [-0.2, 0) is 22.3 Å². The summed E-state index contributed by atoms with van der Waals surface area (Å²) in [5.74, 6) is -0.843. The summed E-state index contributed by atoms with van der Waals surface area (Å²) in [6.07, 6.45) is -6.10. The highest BCUT2D eigenvalue weighted by atomic mass is 19.4. The van der Waals surface area contributed by atoms with Crippen LogP contribution < -0.4 is 9.47 Å². The first-order valence-corrected chi connectivity index (χ1v) is 10.0. The van der Waals surface area contributed by atoms with Crippen molar-refractivity contribution in [3.63, 3.8) is 0 Å². The van der Waals surface area contributed by atoms with E-state index in [0.29, 0.717) is 0 Å². The number of esters is 1. The summed E-state index contributed by atoms with van der Waals surface area (Å²) >= 11 is 0. The summed E-state index contributed by atoms with van der Waals surface area (Å²) in [5, 5.41) is 0. The Labute approximate surface area is 189 Å². The van der Waals surface area contributed by atoms with Crippen LogP contribution in [0.3, 0.4) is 0 Å². The molecule has 0 fully saturated rings. The molecule has 0 spiro atoms. The highest BCUT2D eigenvalue weighted by molar-refractivity contribution is 5.96. The molecular weight excluding hydrogens is 437 g/mol. The van der Waals surface area contributed by atoms with Crippen LogP contribution in [0.5, 0.6) is 11.5 Å². The number of halogens is 3. The van der Waals surface area contributed by atoms with Crippen molar-refractivity contribution in [2.45, 2.75) is 26.0 Å². The standard InChI is InChI=1S/C25H23F3O5/c1-16-21(23(29)33-18-12-8-5-9-13-18)20(32-15-17-10-6-4-7-11-17)14-19(24(30-2)31-3)22(16)25(26,27)28/h4-14,24H,15H2,1-3H3. The zero-order valence-corrected chi connectivity index (χ0v) is 18.3. The summed E-state index contributed by atoms with van der Waals surface area (Å²) < 4.78 is 63.6. The lowest BCUT2D eigenvalue weighted by Gasteiger charge is -2.24. The lowest BCUT2D eigenvalue weighted by Crippen LogP contribution is -2.21. The van der Waals surface area contributed by atoms with Crippen LogP contribution >= 0.6 is 0 Å². The third-order valence-corrected chi connectivity index (χ3v) is 4.93. The van der Waals surface area contributed by atoms with Crippen LogP contribution in [-0.4, -0.2) is 20.2 Å². The first-order valence-electron chi connectivity index (χ1n) is 10.0. The van der Waals surface area contributed by atoms with E-state index in [1.54, 1.807) is 42.5 Å². The zero-order chi connectivity index (χ0) is 24.0. The number of carbonyl (C=O) groups excluding carboxylic acids is 1. The Kier molecular flexibility index (Phi) is 7.73. The van der Waals surface area contributed by atoms with Crippen molar-refractivity contribution in [1.82, 2.24) is 0 Å². The summed E-state index contributed by atoms with van der Waals surface area (Å²) in [6.45, 7) is 1.23. The van der Waals surface area contributed by atoms with Gasteiger partial charge in [0, 0.05) is 19.8 Å². The number of hydrogen-bond acceptors (Lipinski definition) is 5. The molecule has 0 unspecified atom stereocenters. The van der Waals surface area contributed by atoms with Crippen LogP contribution in [0.2, 0.25) is 0 Å². The first kappa shape index (κ1) is 24.3. The van der Waals surface area contributed by atoms with E-state index < -0.39 is 24.0 Å². The fraction of sp³-hybridized carbons (Fsp3) is 0.240. The number of ether oxygens (including phenoxy) is 4. The van der Waals surface area contributed by atoms with Gasteiger partial charge in [-0.2, -0.15) is 13.2 Å². The minimum atomic E-state index is -4.78. The Morgan fingerprint density at radius 2 is 1.52 bits per heavy atom. The predicted octanol–water partition coefficient (Wildman–Crippen LogP) is 6.10. The Morgan fingerprint density at radius 1 is 0.939 bits per heavy atom. The minimum absolute atomic E-state index is 0.0291. The molecule has 0 atom stereocenters. The molecule has 0 aliphatic carbocycles. The second kappa shape index (κ2) is 10.5. The van der Waals surface area contributed by atoms with E-state index in [2.05, 4.69) is 0 Å². The van der Waals surface area contributed by atoms with Crippen molar-refractivity contribution in [3.05, 3.63) is 94.5 Å². The molecule has 0 saturated carbocycles. The highest BCUT2D eigenvalue weighted by Gasteiger charge is 2.40. The molecule has 3 rings (SSSR count). The number of rotatable bonds is 8. The third-order valence-electron chi connectivity index (χ3n) is 4.93. The Balaban J connectivity index is 2.15. The van der Waals surface area contributed by atoms with Gasteiger partial charge in [0.25, 0.3) is 0 Å². The van der Waals surface area contributed by atoms with Gasteiger partial charge in [-0.3, -0.25) is 0 Å². The quantitative estimate of drug-likeness (QED) is 0.231. The topological polar surface area (TPSA) is 54.0 Å². The van der Waals surface area contributed by atoms with Gasteiger partial charge in [-0.05, 0) is 36.2 Å². The average molecular weight is 460 g/mol. The maximum atomic E-state index is 14.1. The van der Waals surface area contributed by atoms with Crippen molar-refractivity contribution in [1.29, 1.82) is 0 Å². The van der Waals surface area contributed by atoms with E-state index in [1.165, 1.54) is 33.3 Å². The molecule has 0 amide bonds. The van der Waals surface area contributed by atoms with Gasteiger partial charge >= 0.3 is 12.1 Å². The molecule has 0 radical (unpaired) electrons. The Hall–Kier alpha value is -3.36. The second-order valence-corrected chi connectivity index (χ2v) is 7.12. The monoisotopic (exact) mass is 460 g/mol. The molecule has 0 aliphatic rings. The molecular formula is C25H23F3O5. The lowest BCUT2D eigenvalue weighted by molar-refractivity contribution is -0.148. The molecule has 3 aromatic carbocycles. The second-order valence-electron chi connectivity index (χ2n) is 7.12. The molecule has 0 aliphatic heterocycles. The first-order chi connectivity index (χ1) is 15.8. The van der Waals surface area contributed by atoms with Gasteiger partial charge in [0.1, 0.15) is 23.7 Å². The summed E-state index contributed by atoms with van der Waals surface area (Å²) in [5.41, 5.74) is -1.23. The third kappa shape index (κ3) is 5.71. The largest absolute Gasteiger partial charge is 0.488 e. The number of carbonyl (C=O) groups is 1. The molecule has 5 nitrogen and oxygen atoms in total. The number of benzene rings is 3. The maximum absolute atomic E-state index is 14.1. The predicted molar refractivity (Wildman–Crippen MR) is 115 cm³/mol. The summed E-state index contributed by atoms with van der Waals surface area (Å²) in [4.78, 5) is 13.0. The van der Waals surface area contributed by atoms with Gasteiger partial charge in [-0.25, -0.2) is 4.79 Å². The van der Waals surface area contributed by atoms with E-state index in [1.807, 2.05) is 6.07 Å². The van der Waals surface area contributed by atoms with Gasteiger partial charge in [-0.1, -0.05) is 48.5 Å². The number of hydrogen-bond donors (Lipinski definition) is 0. The van der Waals surface area contributed by atoms with E-state index in [0.717, 1.165) is 11.6 Å². The smallest absolute Gasteiger partial charge is 0.417 e. The maximum Gasteiger partial charge on any atom is 0.417 e. The summed E-state index contributed by atoms with van der Waals surface area (Å²) in [7, 11) is 2.46. The lowest BCUT2D eigenvalue weighted by atomic mass is 9.94. The van der Waals surface area contributed by atoms with Gasteiger partial charge < -0.3 is 18.9 Å². The molecule has 0 saturated heterocycles. The van der Waals surface area contributed by atoms with Crippen LogP contribution in [0.1, 0.15) is 38.9 Å².